The average Bonchev–Trinajstić information content (AvgIpc) is 2.81. The van der Waals surface area contributed by atoms with Crippen molar-refractivity contribution < 1.29 is 18.7 Å². The van der Waals surface area contributed by atoms with Crippen LogP contribution in [0.5, 0.6) is 5.75 Å². The summed E-state index contributed by atoms with van der Waals surface area (Å²) >= 11 is 0. The fourth-order valence-corrected chi connectivity index (χ4v) is 2.43. The molecule has 5 heteroatoms. The summed E-state index contributed by atoms with van der Waals surface area (Å²) in [5.74, 6) is 0.551. The van der Waals surface area contributed by atoms with E-state index in [9.17, 15) is 4.79 Å². The lowest BCUT2D eigenvalue weighted by molar-refractivity contribution is 0.0635. The zero-order valence-corrected chi connectivity index (χ0v) is 13.6. The molecule has 0 atom stereocenters. The SMILES string of the molecule is COc1cc2c(cc1NC(=O)OC(C)(C)C)oc1ccccc12. The maximum absolute atomic E-state index is 12.0. The van der Waals surface area contributed by atoms with Crippen LogP contribution in [0.1, 0.15) is 20.8 Å². The lowest BCUT2D eigenvalue weighted by atomic mass is 10.1. The van der Waals surface area contributed by atoms with E-state index in [-0.39, 0.29) is 0 Å². The van der Waals surface area contributed by atoms with Crippen molar-refractivity contribution in [3.8, 4) is 5.75 Å². The van der Waals surface area contributed by atoms with E-state index >= 15 is 0 Å². The highest BCUT2D eigenvalue weighted by Crippen LogP contribution is 2.36. The number of hydrogen-bond acceptors (Lipinski definition) is 4. The summed E-state index contributed by atoms with van der Waals surface area (Å²) < 4.78 is 16.5. The van der Waals surface area contributed by atoms with Crippen LogP contribution >= 0.6 is 0 Å². The molecule has 0 radical (unpaired) electrons. The number of amides is 1. The van der Waals surface area contributed by atoms with Crippen LogP contribution in [0.3, 0.4) is 0 Å². The molecule has 23 heavy (non-hydrogen) atoms. The molecular weight excluding hydrogens is 294 g/mol. The Labute approximate surface area is 134 Å². The molecule has 2 aromatic carbocycles. The van der Waals surface area contributed by atoms with Crippen LogP contribution in [0.2, 0.25) is 0 Å². The van der Waals surface area contributed by atoms with Crippen LogP contribution in [0, 0.1) is 0 Å². The van der Waals surface area contributed by atoms with Gasteiger partial charge in [-0.2, -0.15) is 0 Å². The van der Waals surface area contributed by atoms with Gasteiger partial charge in [0, 0.05) is 16.8 Å². The third kappa shape index (κ3) is 3.08. The quantitative estimate of drug-likeness (QED) is 0.728. The smallest absolute Gasteiger partial charge is 0.412 e. The number of carbonyl (C=O) groups is 1. The molecule has 0 aliphatic rings. The predicted molar refractivity (Wildman–Crippen MR) is 90.1 cm³/mol. The van der Waals surface area contributed by atoms with Crippen molar-refractivity contribution in [3.63, 3.8) is 0 Å². The van der Waals surface area contributed by atoms with E-state index in [1.807, 2.05) is 51.1 Å². The summed E-state index contributed by atoms with van der Waals surface area (Å²) in [6.45, 7) is 5.44. The normalized spacial score (nSPS) is 11.7. The molecular formula is C18H19NO4. The Morgan fingerprint density at radius 3 is 2.52 bits per heavy atom. The zero-order chi connectivity index (χ0) is 16.6. The second-order valence-electron chi connectivity index (χ2n) is 6.27. The van der Waals surface area contributed by atoms with Crippen LogP contribution < -0.4 is 10.1 Å². The Morgan fingerprint density at radius 2 is 1.83 bits per heavy atom. The predicted octanol–water partition coefficient (Wildman–Crippen LogP) is 4.94. The molecule has 5 nitrogen and oxygen atoms in total. The van der Waals surface area contributed by atoms with Crippen molar-refractivity contribution in [1.29, 1.82) is 0 Å². The largest absolute Gasteiger partial charge is 0.495 e. The highest BCUT2D eigenvalue weighted by molar-refractivity contribution is 6.07. The number of rotatable bonds is 2. The van der Waals surface area contributed by atoms with Gasteiger partial charge in [0.1, 0.15) is 22.5 Å². The van der Waals surface area contributed by atoms with Gasteiger partial charge in [-0.3, -0.25) is 5.32 Å². The first-order chi connectivity index (χ1) is 10.9. The molecule has 120 valence electrons. The molecule has 0 aliphatic heterocycles. The van der Waals surface area contributed by atoms with Gasteiger partial charge in [0.05, 0.1) is 12.8 Å². The monoisotopic (exact) mass is 313 g/mol. The summed E-state index contributed by atoms with van der Waals surface area (Å²) in [6, 6.07) is 11.4. The second kappa shape index (κ2) is 5.50. The minimum Gasteiger partial charge on any atom is -0.495 e. The average molecular weight is 313 g/mol. The molecule has 0 unspecified atom stereocenters. The van der Waals surface area contributed by atoms with Gasteiger partial charge in [0.15, 0.2) is 0 Å². The Balaban J connectivity index is 2.03. The Morgan fingerprint density at radius 1 is 1.09 bits per heavy atom. The van der Waals surface area contributed by atoms with Crippen molar-refractivity contribution in [3.05, 3.63) is 36.4 Å². The summed E-state index contributed by atoms with van der Waals surface area (Å²) in [5, 5.41) is 4.65. The number of furan rings is 1. The number of benzene rings is 2. The van der Waals surface area contributed by atoms with Crippen molar-refractivity contribution in [2.75, 3.05) is 12.4 Å². The number of hydrogen-bond donors (Lipinski definition) is 1. The third-order valence-electron chi connectivity index (χ3n) is 3.33. The lowest BCUT2D eigenvalue weighted by Crippen LogP contribution is -2.27. The van der Waals surface area contributed by atoms with Crippen LogP contribution in [0.15, 0.2) is 40.8 Å². The number of anilines is 1. The van der Waals surface area contributed by atoms with Gasteiger partial charge in [-0.25, -0.2) is 4.79 Å². The third-order valence-corrected chi connectivity index (χ3v) is 3.33. The maximum Gasteiger partial charge on any atom is 0.412 e. The Hall–Kier alpha value is -2.69. The number of fused-ring (bicyclic) bond motifs is 3. The van der Waals surface area contributed by atoms with Gasteiger partial charge in [0.2, 0.25) is 0 Å². The van der Waals surface area contributed by atoms with Gasteiger partial charge in [-0.15, -0.1) is 0 Å². The fourth-order valence-electron chi connectivity index (χ4n) is 2.43. The molecule has 1 amide bonds. The summed E-state index contributed by atoms with van der Waals surface area (Å²) in [7, 11) is 1.56. The minimum atomic E-state index is -0.569. The van der Waals surface area contributed by atoms with Crippen LogP contribution in [-0.4, -0.2) is 18.8 Å². The Bertz CT molecular complexity index is 874. The number of ether oxygens (including phenoxy) is 2. The zero-order valence-electron chi connectivity index (χ0n) is 13.6. The molecule has 0 saturated carbocycles. The number of methoxy groups -OCH3 is 1. The van der Waals surface area contributed by atoms with Crippen LogP contribution in [-0.2, 0) is 4.74 Å². The molecule has 1 heterocycles. The van der Waals surface area contributed by atoms with Gasteiger partial charge >= 0.3 is 6.09 Å². The van der Waals surface area contributed by atoms with Gasteiger partial charge in [0.25, 0.3) is 0 Å². The van der Waals surface area contributed by atoms with E-state index in [1.54, 1.807) is 13.2 Å². The van der Waals surface area contributed by atoms with E-state index in [0.717, 1.165) is 16.4 Å². The molecule has 1 N–H and O–H groups in total. The topological polar surface area (TPSA) is 60.7 Å². The van der Waals surface area contributed by atoms with E-state index in [0.29, 0.717) is 17.0 Å². The highest BCUT2D eigenvalue weighted by atomic mass is 16.6. The van der Waals surface area contributed by atoms with Gasteiger partial charge in [-0.05, 0) is 32.9 Å². The van der Waals surface area contributed by atoms with Crippen LogP contribution in [0.4, 0.5) is 10.5 Å². The van der Waals surface area contributed by atoms with E-state index in [2.05, 4.69) is 5.32 Å². The molecule has 0 spiro atoms. The second-order valence-corrected chi connectivity index (χ2v) is 6.27. The van der Waals surface area contributed by atoms with E-state index in [4.69, 9.17) is 13.9 Å². The van der Waals surface area contributed by atoms with E-state index in [1.165, 1.54) is 0 Å². The van der Waals surface area contributed by atoms with Crippen molar-refractivity contribution in [1.82, 2.24) is 0 Å². The minimum absolute atomic E-state index is 0.508. The van der Waals surface area contributed by atoms with Crippen molar-refractivity contribution in [2.45, 2.75) is 26.4 Å². The first-order valence-electron chi connectivity index (χ1n) is 7.37. The standard InChI is InChI=1S/C18H19NO4/c1-18(2,3)23-17(20)19-13-10-15-12(9-16(13)21-4)11-7-5-6-8-14(11)22-15/h5-10H,1-4H3,(H,19,20). The number of carbonyl (C=O) groups excluding carboxylic acids is 1. The van der Waals surface area contributed by atoms with Gasteiger partial charge in [-0.1, -0.05) is 18.2 Å². The molecule has 0 fully saturated rings. The van der Waals surface area contributed by atoms with Gasteiger partial charge < -0.3 is 13.9 Å². The molecule has 0 saturated heterocycles. The molecule has 3 rings (SSSR count). The maximum atomic E-state index is 12.0. The molecule has 1 aromatic heterocycles. The summed E-state index contributed by atoms with van der Waals surface area (Å²) in [5.41, 5.74) is 1.41. The summed E-state index contributed by atoms with van der Waals surface area (Å²) in [4.78, 5) is 12.0. The molecule has 3 aromatic rings. The highest BCUT2D eigenvalue weighted by Gasteiger charge is 2.19. The van der Waals surface area contributed by atoms with E-state index < -0.39 is 11.7 Å². The Kier molecular flexibility index (Phi) is 3.64. The first-order valence-corrected chi connectivity index (χ1v) is 7.37. The molecule has 0 bridgehead atoms. The number of para-hydroxylation sites is 1. The summed E-state index contributed by atoms with van der Waals surface area (Å²) in [6.07, 6.45) is -0.536. The lowest BCUT2D eigenvalue weighted by Gasteiger charge is -2.20. The van der Waals surface area contributed by atoms with Crippen molar-refractivity contribution >= 4 is 33.7 Å². The first kappa shape index (κ1) is 15.2. The van der Waals surface area contributed by atoms with Crippen molar-refractivity contribution in [2.24, 2.45) is 0 Å². The number of nitrogens with one attached hydrogen (secondary N) is 1. The fraction of sp³-hybridized carbons (Fsp3) is 0.278. The molecule has 0 aliphatic carbocycles. The van der Waals surface area contributed by atoms with Crippen LogP contribution in [0.25, 0.3) is 21.9 Å².